The van der Waals surface area contributed by atoms with Gasteiger partial charge in [0.05, 0.1) is 11.3 Å². The Hall–Kier alpha value is -2.22. The van der Waals surface area contributed by atoms with E-state index >= 15 is 0 Å². The number of hydrogen-bond donors (Lipinski definition) is 2. The Labute approximate surface area is 132 Å². The first-order valence-corrected chi connectivity index (χ1v) is 7.45. The summed E-state index contributed by atoms with van der Waals surface area (Å²) in [5.41, 5.74) is -0.488. The van der Waals surface area contributed by atoms with Crippen LogP contribution in [0.15, 0.2) is 11.5 Å². The Balaban J connectivity index is 2.81. The van der Waals surface area contributed by atoms with E-state index in [9.17, 15) is 14.4 Å². The first-order chi connectivity index (χ1) is 10.1. The molecule has 0 aliphatic rings. The number of nitrogens with one attached hydrogen (secondary N) is 1. The zero-order valence-electron chi connectivity index (χ0n) is 12.8. The molecule has 0 aromatic carbocycles. The van der Waals surface area contributed by atoms with Crippen LogP contribution in [0.3, 0.4) is 0 Å². The number of amides is 1. The van der Waals surface area contributed by atoms with Gasteiger partial charge in [-0.1, -0.05) is 13.0 Å². The quantitative estimate of drug-likeness (QED) is 0.499. The minimum absolute atomic E-state index is 0.0523. The average Bonchev–Trinajstić information content (AvgIpc) is 2.81. The third kappa shape index (κ3) is 5.28. The zero-order valence-corrected chi connectivity index (χ0v) is 13.6. The summed E-state index contributed by atoms with van der Waals surface area (Å²) in [4.78, 5) is 38.4. The van der Waals surface area contributed by atoms with Crippen molar-refractivity contribution in [3.8, 4) is 0 Å². The van der Waals surface area contributed by atoms with E-state index in [4.69, 9.17) is 9.84 Å². The Morgan fingerprint density at radius 1 is 1.41 bits per heavy atom. The molecule has 2 N–H and O–H groups in total. The number of hydrogen-bond acceptors (Lipinski definition) is 6. The molecule has 120 valence electrons. The Kier molecular flexibility index (Phi) is 5.81. The summed E-state index contributed by atoms with van der Waals surface area (Å²) in [5.74, 6) is -3.07. The highest BCUT2D eigenvalue weighted by Crippen LogP contribution is 2.22. The van der Waals surface area contributed by atoms with Crippen LogP contribution < -0.4 is 5.32 Å². The summed E-state index contributed by atoms with van der Waals surface area (Å²) < 4.78 is 4.92. The molecule has 0 atom stereocenters. The Bertz CT molecular complexity index is 613. The van der Waals surface area contributed by atoms with Crippen molar-refractivity contribution in [3.05, 3.63) is 17.2 Å². The Morgan fingerprint density at radius 3 is 2.55 bits per heavy atom. The molecular formula is C14H18N2O5S. The number of carboxylic acids is 1. The fourth-order valence-electron chi connectivity index (χ4n) is 1.43. The molecule has 1 aromatic rings. The lowest BCUT2D eigenvalue weighted by Crippen LogP contribution is -2.32. The highest BCUT2D eigenvalue weighted by Gasteiger charge is 2.24. The summed E-state index contributed by atoms with van der Waals surface area (Å²) >= 11 is 1.03. The number of ether oxygens (including phenoxy) is 1. The molecule has 1 aromatic heterocycles. The van der Waals surface area contributed by atoms with Gasteiger partial charge in [0.1, 0.15) is 5.60 Å². The summed E-state index contributed by atoms with van der Waals surface area (Å²) in [6.45, 7) is 6.75. The van der Waals surface area contributed by atoms with Crippen LogP contribution in [0, 0.1) is 0 Å². The van der Waals surface area contributed by atoms with Crippen LogP contribution in [-0.4, -0.2) is 33.5 Å². The maximum absolute atomic E-state index is 11.7. The van der Waals surface area contributed by atoms with Gasteiger partial charge in [0.15, 0.2) is 5.13 Å². The van der Waals surface area contributed by atoms with Crippen molar-refractivity contribution in [2.75, 3.05) is 5.32 Å². The van der Waals surface area contributed by atoms with E-state index in [1.807, 2.05) is 0 Å². The maximum atomic E-state index is 11.7. The molecule has 0 bridgehead atoms. The maximum Gasteiger partial charge on any atom is 0.397 e. The molecule has 1 amide bonds. The fraction of sp³-hybridized carbons (Fsp3) is 0.429. The summed E-state index contributed by atoms with van der Waals surface area (Å²) in [6.07, 6.45) is 2.07. The van der Waals surface area contributed by atoms with Crippen LogP contribution in [0.4, 0.5) is 5.13 Å². The van der Waals surface area contributed by atoms with Gasteiger partial charge in [0.25, 0.3) is 0 Å². The van der Waals surface area contributed by atoms with Gasteiger partial charge < -0.3 is 9.84 Å². The second-order valence-corrected chi connectivity index (χ2v) is 6.18. The Morgan fingerprint density at radius 2 is 2.05 bits per heavy atom. The van der Waals surface area contributed by atoms with Gasteiger partial charge >= 0.3 is 17.8 Å². The van der Waals surface area contributed by atoms with Crippen molar-refractivity contribution in [1.29, 1.82) is 0 Å². The molecule has 0 unspecified atom stereocenters. The van der Waals surface area contributed by atoms with Crippen LogP contribution in [0.5, 0.6) is 0 Å². The molecule has 0 radical (unpaired) electrons. The number of allylic oxidation sites excluding steroid dienone is 1. The monoisotopic (exact) mass is 326 g/mol. The summed E-state index contributed by atoms with van der Waals surface area (Å²) in [7, 11) is 0. The number of rotatable bonds is 4. The number of carbonyl (C=O) groups excluding carboxylic acids is 2. The highest BCUT2D eigenvalue weighted by molar-refractivity contribution is 7.14. The van der Waals surface area contributed by atoms with Crippen LogP contribution in [0.2, 0.25) is 0 Å². The van der Waals surface area contributed by atoms with E-state index in [2.05, 4.69) is 10.3 Å². The third-order valence-corrected chi connectivity index (χ3v) is 2.98. The topological polar surface area (TPSA) is 106 Å². The second kappa shape index (κ2) is 7.17. The van der Waals surface area contributed by atoms with Crippen molar-refractivity contribution in [2.45, 2.75) is 39.7 Å². The molecule has 0 aliphatic heterocycles. The number of nitrogens with zero attached hydrogens (tertiary/aromatic N) is 1. The van der Waals surface area contributed by atoms with E-state index in [0.717, 1.165) is 11.3 Å². The molecule has 0 saturated heterocycles. The van der Waals surface area contributed by atoms with Crippen LogP contribution >= 0.6 is 11.3 Å². The molecule has 0 saturated carbocycles. The van der Waals surface area contributed by atoms with Gasteiger partial charge in [-0.15, -0.1) is 11.3 Å². The van der Waals surface area contributed by atoms with E-state index in [-0.39, 0.29) is 16.4 Å². The molecule has 1 rings (SSSR count). The van der Waals surface area contributed by atoms with Crippen molar-refractivity contribution in [2.24, 2.45) is 0 Å². The lowest BCUT2D eigenvalue weighted by atomic mass is 10.2. The standard InChI is InChI=1S/C14H18N2O5S/c1-5-6-8(11(18)19)9-7-22-13(15-9)16-10(17)12(20)21-14(2,3)4/h6-7H,5H2,1-4H3,(H,18,19)(H,15,16,17)/b8-6+. The van der Waals surface area contributed by atoms with Crippen LogP contribution in [0.1, 0.15) is 39.8 Å². The second-order valence-electron chi connectivity index (χ2n) is 5.33. The molecule has 8 heteroatoms. The molecule has 1 heterocycles. The van der Waals surface area contributed by atoms with Gasteiger partial charge in [-0.3, -0.25) is 10.1 Å². The number of thiazole rings is 1. The van der Waals surface area contributed by atoms with E-state index in [0.29, 0.717) is 6.42 Å². The van der Waals surface area contributed by atoms with Crippen LogP contribution in [0.25, 0.3) is 5.57 Å². The molecule has 0 fully saturated rings. The number of aliphatic carboxylic acids is 1. The molecule has 7 nitrogen and oxygen atoms in total. The summed E-state index contributed by atoms with van der Waals surface area (Å²) in [5, 5.41) is 13.0. The van der Waals surface area contributed by atoms with Gasteiger partial charge in [0, 0.05) is 5.38 Å². The van der Waals surface area contributed by atoms with Gasteiger partial charge in [0.2, 0.25) is 0 Å². The molecular weight excluding hydrogens is 308 g/mol. The number of aromatic nitrogens is 1. The van der Waals surface area contributed by atoms with E-state index in [1.54, 1.807) is 27.7 Å². The first-order valence-electron chi connectivity index (χ1n) is 6.57. The first kappa shape index (κ1) is 17.8. The third-order valence-electron chi connectivity index (χ3n) is 2.22. The molecule has 0 spiro atoms. The number of esters is 1. The van der Waals surface area contributed by atoms with Crippen LogP contribution in [-0.2, 0) is 19.1 Å². The predicted octanol–water partition coefficient (Wildman–Crippen LogP) is 2.30. The van der Waals surface area contributed by atoms with Crippen molar-refractivity contribution in [3.63, 3.8) is 0 Å². The van der Waals surface area contributed by atoms with E-state index in [1.165, 1.54) is 11.5 Å². The van der Waals surface area contributed by atoms with Crippen molar-refractivity contribution in [1.82, 2.24) is 4.98 Å². The normalized spacial score (nSPS) is 11.9. The molecule has 22 heavy (non-hydrogen) atoms. The number of carboxylic acid groups (broad SMARTS) is 1. The van der Waals surface area contributed by atoms with Crippen molar-refractivity contribution < 1.29 is 24.2 Å². The lowest BCUT2D eigenvalue weighted by Gasteiger charge is -2.18. The number of anilines is 1. The average molecular weight is 326 g/mol. The SMILES string of the molecule is CC/C=C(/C(=O)O)c1csc(NC(=O)C(=O)OC(C)(C)C)n1. The molecule has 0 aliphatic carbocycles. The minimum atomic E-state index is -1.10. The minimum Gasteiger partial charge on any atom is -0.478 e. The smallest absolute Gasteiger partial charge is 0.397 e. The van der Waals surface area contributed by atoms with Gasteiger partial charge in [-0.05, 0) is 27.2 Å². The van der Waals surface area contributed by atoms with Crippen molar-refractivity contribution >= 4 is 39.9 Å². The number of carbonyl (C=O) groups is 3. The van der Waals surface area contributed by atoms with E-state index < -0.39 is 23.4 Å². The summed E-state index contributed by atoms with van der Waals surface area (Å²) in [6, 6.07) is 0. The zero-order chi connectivity index (χ0) is 16.9. The fourth-order valence-corrected chi connectivity index (χ4v) is 2.14. The van der Waals surface area contributed by atoms with Gasteiger partial charge in [-0.25, -0.2) is 14.6 Å². The lowest BCUT2D eigenvalue weighted by molar-refractivity contribution is -0.161. The largest absolute Gasteiger partial charge is 0.478 e. The van der Waals surface area contributed by atoms with Gasteiger partial charge in [-0.2, -0.15) is 0 Å². The predicted molar refractivity (Wildman–Crippen MR) is 82.5 cm³/mol. The highest BCUT2D eigenvalue weighted by atomic mass is 32.1.